The molecular weight excluding hydrogens is 168 g/mol. The van der Waals surface area contributed by atoms with Gasteiger partial charge in [0.05, 0.1) is 19.8 Å². The summed E-state index contributed by atoms with van der Waals surface area (Å²) in [5.41, 5.74) is 0.130. The topological polar surface area (TPSA) is 27.7 Å². The summed E-state index contributed by atoms with van der Waals surface area (Å²) in [6, 6.07) is 0. The average Bonchev–Trinajstić information content (AvgIpc) is 2.08. The first-order chi connectivity index (χ1) is 6.14. The van der Waals surface area contributed by atoms with Gasteiger partial charge in [0.15, 0.2) is 0 Å². The van der Waals surface area contributed by atoms with Crippen molar-refractivity contribution >= 4 is 0 Å². The number of hydrogen-bond acceptors (Lipinski definition) is 3. The zero-order valence-electron chi connectivity index (χ0n) is 8.84. The van der Waals surface area contributed by atoms with Crippen LogP contribution in [0.4, 0.5) is 0 Å². The van der Waals surface area contributed by atoms with Gasteiger partial charge in [-0.05, 0) is 6.42 Å². The van der Waals surface area contributed by atoms with E-state index in [2.05, 4.69) is 20.8 Å². The molecule has 0 amide bonds. The van der Waals surface area contributed by atoms with E-state index in [-0.39, 0.29) is 5.41 Å². The van der Waals surface area contributed by atoms with Crippen LogP contribution in [0.15, 0.2) is 0 Å². The fraction of sp³-hybridized carbons (Fsp3) is 1.00. The number of unbranched alkanes of at least 4 members (excludes halogenated alkanes) is 1. The molecule has 1 rings (SSSR count). The molecule has 0 unspecified atom stereocenters. The van der Waals surface area contributed by atoms with Crippen molar-refractivity contribution in [3.63, 3.8) is 0 Å². The van der Waals surface area contributed by atoms with Crippen LogP contribution < -0.4 is 0 Å². The van der Waals surface area contributed by atoms with Gasteiger partial charge in [0.25, 0.3) is 6.48 Å². The molecule has 0 aromatic rings. The van der Waals surface area contributed by atoms with E-state index in [0.717, 1.165) is 19.4 Å². The second-order valence-electron chi connectivity index (χ2n) is 4.30. The molecule has 0 radical (unpaired) electrons. The quantitative estimate of drug-likeness (QED) is 0.633. The van der Waals surface area contributed by atoms with E-state index in [1.165, 1.54) is 0 Å². The monoisotopic (exact) mass is 188 g/mol. The SMILES string of the molecule is CCCCOC1OCC(C)(C)CO1. The van der Waals surface area contributed by atoms with Crippen molar-refractivity contribution in [1.29, 1.82) is 0 Å². The summed E-state index contributed by atoms with van der Waals surface area (Å²) < 4.78 is 16.2. The van der Waals surface area contributed by atoms with Crippen LogP contribution in [-0.4, -0.2) is 26.3 Å². The van der Waals surface area contributed by atoms with Gasteiger partial charge in [0, 0.05) is 5.41 Å². The molecule has 0 spiro atoms. The first-order valence-corrected chi connectivity index (χ1v) is 4.99. The van der Waals surface area contributed by atoms with Gasteiger partial charge >= 0.3 is 0 Å². The minimum Gasteiger partial charge on any atom is -0.330 e. The summed E-state index contributed by atoms with van der Waals surface area (Å²) in [6.07, 6.45) is 2.20. The first-order valence-electron chi connectivity index (χ1n) is 4.99. The van der Waals surface area contributed by atoms with Gasteiger partial charge in [-0.1, -0.05) is 27.2 Å². The molecule has 0 aromatic carbocycles. The lowest BCUT2D eigenvalue weighted by Crippen LogP contribution is -2.39. The summed E-state index contributed by atoms with van der Waals surface area (Å²) in [6.45, 7) is 8.09. The highest BCUT2D eigenvalue weighted by atomic mass is 16.8. The molecule has 0 atom stereocenters. The molecule has 1 heterocycles. The summed E-state index contributed by atoms with van der Waals surface area (Å²) in [5, 5.41) is 0. The minimum absolute atomic E-state index is 0.130. The summed E-state index contributed by atoms with van der Waals surface area (Å²) >= 11 is 0. The highest BCUT2D eigenvalue weighted by molar-refractivity contribution is 4.69. The Bertz CT molecular complexity index is 135. The Morgan fingerprint density at radius 3 is 2.46 bits per heavy atom. The maximum Gasteiger partial charge on any atom is 0.271 e. The van der Waals surface area contributed by atoms with E-state index >= 15 is 0 Å². The van der Waals surface area contributed by atoms with Crippen LogP contribution in [0.25, 0.3) is 0 Å². The van der Waals surface area contributed by atoms with Gasteiger partial charge in [-0.3, -0.25) is 0 Å². The van der Waals surface area contributed by atoms with Crippen molar-refractivity contribution in [2.24, 2.45) is 5.41 Å². The van der Waals surface area contributed by atoms with Gasteiger partial charge in [0.1, 0.15) is 0 Å². The Labute approximate surface area is 80.4 Å². The predicted molar refractivity (Wildman–Crippen MR) is 50.3 cm³/mol. The molecule has 78 valence electrons. The Hall–Kier alpha value is -0.120. The van der Waals surface area contributed by atoms with Crippen LogP contribution in [-0.2, 0) is 14.2 Å². The summed E-state index contributed by atoms with van der Waals surface area (Å²) in [5.74, 6) is 0. The second-order valence-corrected chi connectivity index (χ2v) is 4.30. The molecule has 0 aliphatic carbocycles. The molecule has 1 fully saturated rings. The van der Waals surface area contributed by atoms with Crippen molar-refractivity contribution < 1.29 is 14.2 Å². The van der Waals surface area contributed by atoms with Crippen molar-refractivity contribution in [2.45, 2.75) is 40.1 Å². The lowest BCUT2D eigenvalue weighted by atomic mass is 9.96. The maximum atomic E-state index is 5.40. The van der Waals surface area contributed by atoms with E-state index in [1.54, 1.807) is 0 Å². The number of rotatable bonds is 4. The zero-order valence-corrected chi connectivity index (χ0v) is 8.84. The maximum absolute atomic E-state index is 5.40. The van der Waals surface area contributed by atoms with Crippen molar-refractivity contribution in [3.05, 3.63) is 0 Å². The van der Waals surface area contributed by atoms with Crippen LogP contribution in [0.1, 0.15) is 33.6 Å². The van der Waals surface area contributed by atoms with Crippen LogP contribution >= 0.6 is 0 Å². The lowest BCUT2D eigenvalue weighted by molar-refractivity contribution is -0.334. The van der Waals surface area contributed by atoms with Crippen LogP contribution in [0, 0.1) is 5.41 Å². The Morgan fingerprint density at radius 1 is 1.31 bits per heavy atom. The third kappa shape index (κ3) is 4.07. The highest BCUT2D eigenvalue weighted by Crippen LogP contribution is 2.23. The molecule has 0 bridgehead atoms. The van der Waals surface area contributed by atoms with E-state index in [9.17, 15) is 0 Å². The van der Waals surface area contributed by atoms with Crippen LogP contribution in [0.2, 0.25) is 0 Å². The first kappa shape index (κ1) is 11.0. The zero-order chi connectivity index (χ0) is 9.73. The molecule has 0 saturated carbocycles. The van der Waals surface area contributed by atoms with E-state index < -0.39 is 6.48 Å². The normalized spacial score (nSPS) is 23.3. The lowest BCUT2D eigenvalue weighted by Gasteiger charge is -2.33. The van der Waals surface area contributed by atoms with Gasteiger partial charge in [-0.2, -0.15) is 0 Å². The molecular formula is C10H20O3. The molecule has 0 N–H and O–H groups in total. The third-order valence-corrected chi connectivity index (χ3v) is 1.97. The van der Waals surface area contributed by atoms with Gasteiger partial charge < -0.3 is 14.2 Å². The van der Waals surface area contributed by atoms with Gasteiger partial charge in [-0.15, -0.1) is 0 Å². The number of ether oxygens (including phenoxy) is 3. The molecule has 3 nitrogen and oxygen atoms in total. The minimum atomic E-state index is -0.431. The highest BCUT2D eigenvalue weighted by Gasteiger charge is 2.28. The standard InChI is InChI=1S/C10H20O3/c1-4-5-6-11-9-12-7-10(2,3)8-13-9/h9H,4-8H2,1-3H3. The molecule has 3 heteroatoms. The predicted octanol–water partition coefficient (Wildman–Crippen LogP) is 2.16. The summed E-state index contributed by atoms with van der Waals surface area (Å²) in [4.78, 5) is 0. The summed E-state index contributed by atoms with van der Waals surface area (Å²) in [7, 11) is 0. The van der Waals surface area contributed by atoms with Gasteiger partial charge in [0.2, 0.25) is 0 Å². The largest absolute Gasteiger partial charge is 0.330 e. The molecule has 1 aliphatic heterocycles. The molecule has 1 saturated heterocycles. The van der Waals surface area contributed by atoms with Crippen molar-refractivity contribution in [1.82, 2.24) is 0 Å². The average molecular weight is 188 g/mol. The second kappa shape index (κ2) is 4.94. The van der Waals surface area contributed by atoms with E-state index in [4.69, 9.17) is 14.2 Å². The van der Waals surface area contributed by atoms with Crippen LogP contribution in [0.5, 0.6) is 0 Å². The Kier molecular flexibility index (Phi) is 4.16. The fourth-order valence-electron chi connectivity index (χ4n) is 1.10. The number of hydrogen-bond donors (Lipinski definition) is 0. The van der Waals surface area contributed by atoms with Crippen molar-refractivity contribution in [2.75, 3.05) is 19.8 Å². The molecule has 0 aromatic heterocycles. The van der Waals surface area contributed by atoms with E-state index in [0.29, 0.717) is 13.2 Å². The van der Waals surface area contributed by atoms with E-state index in [1.807, 2.05) is 0 Å². The molecule has 13 heavy (non-hydrogen) atoms. The van der Waals surface area contributed by atoms with Gasteiger partial charge in [-0.25, -0.2) is 0 Å². The fourth-order valence-corrected chi connectivity index (χ4v) is 1.10. The third-order valence-electron chi connectivity index (χ3n) is 1.97. The van der Waals surface area contributed by atoms with Crippen molar-refractivity contribution in [3.8, 4) is 0 Å². The molecule has 1 aliphatic rings. The smallest absolute Gasteiger partial charge is 0.271 e. The van der Waals surface area contributed by atoms with Crippen LogP contribution in [0.3, 0.4) is 0 Å². The Morgan fingerprint density at radius 2 is 1.92 bits per heavy atom. The Balaban J connectivity index is 2.11.